The van der Waals surface area contributed by atoms with Crippen molar-refractivity contribution < 1.29 is 0 Å². The average Bonchev–Trinajstić information content (AvgIpc) is 3.01. The van der Waals surface area contributed by atoms with Crippen molar-refractivity contribution in [2.75, 3.05) is 0 Å². The van der Waals surface area contributed by atoms with E-state index in [1.165, 1.54) is 0 Å². The van der Waals surface area contributed by atoms with Gasteiger partial charge in [0.25, 0.3) is 0 Å². The van der Waals surface area contributed by atoms with Gasteiger partial charge in [-0.2, -0.15) is 0 Å². The molecule has 6 nitrogen and oxygen atoms in total. The smallest absolute Gasteiger partial charge is 0.164 e. The van der Waals surface area contributed by atoms with E-state index < -0.39 is 0 Å². The summed E-state index contributed by atoms with van der Waals surface area (Å²) < 4.78 is 0. The van der Waals surface area contributed by atoms with Crippen molar-refractivity contribution in [2.45, 2.75) is 0 Å². The molecule has 0 saturated carbocycles. The summed E-state index contributed by atoms with van der Waals surface area (Å²) in [4.78, 5) is 28.1. The molecule has 0 bridgehead atoms. The highest BCUT2D eigenvalue weighted by atomic mass is 15.0. The summed E-state index contributed by atoms with van der Waals surface area (Å²) in [7, 11) is 0. The molecule has 3 aromatic carbocycles. The Morgan fingerprint density at radius 2 is 0.868 bits per heavy atom. The molecule has 0 amide bonds. The zero-order valence-corrected chi connectivity index (χ0v) is 20.2. The minimum atomic E-state index is 0.600. The van der Waals surface area contributed by atoms with E-state index in [2.05, 4.69) is 27.1 Å². The van der Waals surface area contributed by atoms with E-state index in [0.29, 0.717) is 17.5 Å². The number of hydrogen-bond acceptors (Lipinski definition) is 6. The molecule has 6 heteroatoms. The number of pyridine rings is 3. The SMILES string of the molecule is c1cc(-c2nc(-c3ccc(-c4ccncc4)cc3)nc(-c3cccc4ncccc34)n2)c2cccnc2c1. The third-order valence-electron chi connectivity index (χ3n) is 6.57. The standard InChI is InChI=1S/C32H20N6/c1-5-26(24-7-3-17-34-28(24)9-1)31-36-30(23-13-11-21(12-14-23)22-15-19-33-20-16-22)37-32(38-31)27-6-2-10-29-25(27)8-4-18-35-29/h1-20H. The lowest BCUT2D eigenvalue weighted by Gasteiger charge is -2.11. The molecule has 0 atom stereocenters. The van der Waals surface area contributed by atoms with Gasteiger partial charge in [-0.3, -0.25) is 15.0 Å². The number of nitrogens with zero attached hydrogens (tertiary/aromatic N) is 6. The van der Waals surface area contributed by atoms with Crippen LogP contribution in [-0.4, -0.2) is 29.9 Å². The van der Waals surface area contributed by atoms with E-state index in [-0.39, 0.29) is 0 Å². The van der Waals surface area contributed by atoms with Gasteiger partial charge in [0.2, 0.25) is 0 Å². The summed E-state index contributed by atoms with van der Waals surface area (Å²) in [6, 6.07) is 32.2. The van der Waals surface area contributed by atoms with E-state index in [0.717, 1.165) is 49.6 Å². The molecule has 0 N–H and O–H groups in total. The minimum absolute atomic E-state index is 0.600. The van der Waals surface area contributed by atoms with Gasteiger partial charge in [0, 0.05) is 52.3 Å². The summed E-state index contributed by atoms with van der Waals surface area (Å²) >= 11 is 0. The zero-order valence-electron chi connectivity index (χ0n) is 20.2. The molecule has 0 aliphatic rings. The van der Waals surface area contributed by atoms with Crippen molar-refractivity contribution in [3.05, 3.63) is 122 Å². The Balaban J connectivity index is 1.44. The van der Waals surface area contributed by atoms with E-state index >= 15 is 0 Å². The Morgan fingerprint density at radius 1 is 0.368 bits per heavy atom. The van der Waals surface area contributed by atoms with Crippen molar-refractivity contribution in [3.8, 4) is 45.3 Å². The average molecular weight is 489 g/mol. The molecule has 7 aromatic rings. The van der Waals surface area contributed by atoms with E-state index in [1.807, 2.05) is 84.9 Å². The first kappa shape index (κ1) is 21.9. The first-order chi connectivity index (χ1) is 18.8. The van der Waals surface area contributed by atoms with Crippen LogP contribution in [0.1, 0.15) is 0 Å². The maximum Gasteiger partial charge on any atom is 0.164 e. The fraction of sp³-hybridized carbons (Fsp3) is 0. The van der Waals surface area contributed by atoms with Gasteiger partial charge in [-0.15, -0.1) is 0 Å². The van der Waals surface area contributed by atoms with Crippen molar-refractivity contribution >= 4 is 21.8 Å². The van der Waals surface area contributed by atoms with Crippen molar-refractivity contribution in [2.24, 2.45) is 0 Å². The normalized spacial score (nSPS) is 11.2. The first-order valence-electron chi connectivity index (χ1n) is 12.3. The molecular formula is C32H20N6. The molecule has 0 spiro atoms. The molecule has 7 rings (SSSR count). The van der Waals surface area contributed by atoms with Gasteiger partial charge in [-0.1, -0.05) is 60.7 Å². The van der Waals surface area contributed by atoms with Crippen LogP contribution in [-0.2, 0) is 0 Å². The molecule has 178 valence electrons. The van der Waals surface area contributed by atoms with E-state index in [4.69, 9.17) is 15.0 Å². The van der Waals surface area contributed by atoms with Crippen LogP contribution in [0.25, 0.3) is 67.1 Å². The zero-order chi connectivity index (χ0) is 25.3. The Bertz CT molecular complexity index is 1810. The Hall–Kier alpha value is -5.36. The minimum Gasteiger partial charge on any atom is -0.265 e. The van der Waals surface area contributed by atoms with Crippen molar-refractivity contribution in [3.63, 3.8) is 0 Å². The van der Waals surface area contributed by atoms with Gasteiger partial charge in [0.05, 0.1) is 11.0 Å². The highest BCUT2D eigenvalue weighted by Gasteiger charge is 2.16. The first-order valence-corrected chi connectivity index (χ1v) is 12.3. The van der Waals surface area contributed by atoms with Crippen LogP contribution in [0.4, 0.5) is 0 Å². The third kappa shape index (κ3) is 3.94. The number of hydrogen-bond donors (Lipinski definition) is 0. The summed E-state index contributed by atoms with van der Waals surface area (Å²) in [6.45, 7) is 0. The second-order valence-electron chi connectivity index (χ2n) is 8.87. The summed E-state index contributed by atoms with van der Waals surface area (Å²) in [5.41, 5.74) is 6.72. The topological polar surface area (TPSA) is 77.3 Å². The predicted molar refractivity (Wildman–Crippen MR) is 150 cm³/mol. The molecule has 0 fully saturated rings. The van der Waals surface area contributed by atoms with Gasteiger partial charge >= 0.3 is 0 Å². The van der Waals surface area contributed by atoms with E-state index in [1.54, 1.807) is 24.8 Å². The second-order valence-corrected chi connectivity index (χ2v) is 8.87. The lowest BCUT2D eigenvalue weighted by atomic mass is 10.0. The molecular weight excluding hydrogens is 468 g/mol. The van der Waals surface area contributed by atoms with Crippen LogP contribution in [0.3, 0.4) is 0 Å². The van der Waals surface area contributed by atoms with Crippen LogP contribution in [0.15, 0.2) is 122 Å². The third-order valence-corrected chi connectivity index (χ3v) is 6.57. The van der Waals surface area contributed by atoms with Crippen LogP contribution < -0.4 is 0 Å². The fourth-order valence-electron chi connectivity index (χ4n) is 4.70. The molecule has 4 heterocycles. The summed E-state index contributed by atoms with van der Waals surface area (Å²) in [5.74, 6) is 1.80. The van der Waals surface area contributed by atoms with Gasteiger partial charge in [0.1, 0.15) is 0 Å². The number of aromatic nitrogens is 6. The van der Waals surface area contributed by atoms with Crippen LogP contribution in [0.2, 0.25) is 0 Å². The number of fused-ring (bicyclic) bond motifs is 2. The number of benzene rings is 3. The second kappa shape index (κ2) is 9.26. The molecule has 0 saturated heterocycles. The lowest BCUT2D eigenvalue weighted by molar-refractivity contribution is 1.08. The largest absolute Gasteiger partial charge is 0.265 e. The highest BCUT2D eigenvalue weighted by Crippen LogP contribution is 2.32. The van der Waals surface area contributed by atoms with Crippen LogP contribution in [0.5, 0.6) is 0 Å². The Labute approximate surface area is 218 Å². The van der Waals surface area contributed by atoms with Crippen LogP contribution >= 0.6 is 0 Å². The van der Waals surface area contributed by atoms with E-state index in [9.17, 15) is 0 Å². The summed E-state index contributed by atoms with van der Waals surface area (Å²) in [6.07, 6.45) is 7.19. The molecule has 0 unspecified atom stereocenters. The highest BCUT2D eigenvalue weighted by molar-refractivity contribution is 5.95. The van der Waals surface area contributed by atoms with Gasteiger partial charge in [-0.25, -0.2) is 15.0 Å². The van der Waals surface area contributed by atoms with Gasteiger partial charge < -0.3 is 0 Å². The van der Waals surface area contributed by atoms with Gasteiger partial charge in [0.15, 0.2) is 17.5 Å². The fourth-order valence-corrected chi connectivity index (χ4v) is 4.70. The quantitative estimate of drug-likeness (QED) is 0.265. The van der Waals surface area contributed by atoms with Crippen LogP contribution in [0, 0.1) is 0 Å². The lowest BCUT2D eigenvalue weighted by Crippen LogP contribution is -2.01. The molecule has 38 heavy (non-hydrogen) atoms. The summed E-state index contributed by atoms with van der Waals surface area (Å²) in [5, 5.41) is 1.98. The molecule has 0 radical (unpaired) electrons. The maximum atomic E-state index is 4.98. The molecule has 0 aliphatic carbocycles. The predicted octanol–water partition coefficient (Wildman–Crippen LogP) is 7.03. The monoisotopic (exact) mass is 488 g/mol. The van der Waals surface area contributed by atoms with Crippen molar-refractivity contribution in [1.82, 2.24) is 29.9 Å². The molecule has 0 aliphatic heterocycles. The Kier molecular flexibility index (Phi) is 5.33. The maximum absolute atomic E-state index is 4.98. The number of rotatable bonds is 4. The van der Waals surface area contributed by atoms with Crippen molar-refractivity contribution in [1.29, 1.82) is 0 Å². The Morgan fingerprint density at radius 3 is 1.45 bits per heavy atom. The molecule has 4 aromatic heterocycles. The van der Waals surface area contributed by atoms with Gasteiger partial charge in [-0.05, 0) is 47.5 Å².